The highest BCUT2D eigenvalue weighted by molar-refractivity contribution is 5.61. The highest BCUT2D eigenvalue weighted by Gasteiger charge is 2.12. The van der Waals surface area contributed by atoms with E-state index >= 15 is 0 Å². The third-order valence-corrected chi connectivity index (χ3v) is 2.97. The van der Waals surface area contributed by atoms with Crippen LogP contribution in [0.3, 0.4) is 0 Å². The molecule has 0 aliphatic carbocycles. The van der Waals surface area contributed by atoms with Gasteiger partial charge in [0.05, 0.1) is 14.2 Å². The van der Waals surface area contributed by atoms with Gasteiger partial charge >= 0.3 is 0 Å². The van der Waals surface area contributed by atoms with Crippen molar-refractivity contribution >= 4 is 0 Å². The lowest BCUT2D eigenvalue weighted by molar-refractivity contribution is 0.355. The van der Waals surface area contributed by atoms with Crippen LogP contribution < -0.4 is 15.2 Å². The standard InChI is InChI=1S/C13H18N4O2/c1-17-12(6-7-14)15-16-13(17)9-4-5-10(18-2)11(8-9)19-3/h4-5,8H,6-7,14H2,1-3H3. The summed E-state index contributed by atoms with van der Waals surface area (Å²) in [7, 11) is 5.15. The van der Waals surface area contributed by atoms with Gasteiger partial charge in [0.15, 0.2) is 17.3 Å². The van der Waals surface area contributed by atoms with E-state index in [1.807, 2.05) is 29.8 Å². The fraction of sp³-hybridized carbons (Fsp3) is 0.385. The van der Waals surface area contributed by atoms with Crippen LogP contribution in [-0.4, -0.2) is 35.5 Å². The van der Waals surface area contributed by atoms with Crippen molar-refractivity contribution in [3.63, 3.8) is 0 Å². The Morgan fingerprint density at radius 1 is 1.16 bits per heavy atom. The number of benzene rings is 1. The van der Waals surface area contributed by atoms with Crippen molar-refractivity contribution in [1.29, 1.82) is 0 Å². The molecule has 2 aromatic rings. The van der Waals surface area contributed by atoms with Crippen molar-refractivity contribution in [3.8, 4) is 22.9 Å². The third kappa shape index (κ3) is 2.53. The van der Waals surface area contributed by atoms with Crippen LogP contribution in [0.5, 0.6) is 11.5 Å². The summed E-state index contributed by atoms with van der Waals surface area (Å²) in [6.07, 6.45) is 0.705. The van der Waals surface area contributed by atoms with Crippen LogP contribution in [0, 0.1) is 0 Å². The molecule has 0 saturated heterocycles. The van der Waals surface area contributed by atoms with Gasteiger partial charge in [0.25, 0.3) is 0 Å². The Bertz CT molecular complexity index is 566. The van der Waals surface area contributed by atoms with Crippen LogP contribution >= 0.6 is 0 Å². The number of hydrogen-bond acceptors (Lipinski definition) is 5. The summed E-state index contributed by atoms with van der Waals surface area (Å²) in [6.45, 7) is 0.553. The first-order chi connectivity index (χ1) is 9.21. The Labute approximate surface area is 112 Å². The van der Waals surface area contributed by atoms with Gasteiger partial charge in [0.2, 0.25) is 0 Å². The van der Waals surface area contributed by atoms with E-state index in [0.717, 1.165) is 17.2 Å². The SMILES string of the molecule is COc1ccc(-c2nnc(CCN)n2C)cc1OC. The van der Waals surface area contributed by atoms with Crippen LogP contribution in [0.2, 0.25) is 0 Å². The zero-order valence-electron chi connectivity index (χ0n) is 11.4. The largest absolute Gasteiger partial charge is 0.493 e. The zero-order valence-corrected chi connectivity index (χ0v) is 11.4. The second-order valence-electron chi connectivity index (χ2n) is 4.11. The normalized spacial score (nSPS) is 10.5. The molecule has 0 atom stereocenters. The zero-order chi connectivity index (χ0) is 13.8. The summed E-state index contributed by atoms with van der Waals surface area (Å²) in [5, 5.41) is 8.34. The molecule has 2 rings (SSSR count). The number of nitrogens with two attached hydrogens (primary N) is 1. The fourth-order valence-corrected chi connectivity index (χ4v) is 1.93. The van der Waals surface area contributed by atoms with Gasteiger partial charge in [0.1, 0.15) is 5.82 Å². The molecule has 2 N–H and O–H groups in total. The highest BCUT2D eigenvalue weighted by Crippen LogP contribution is 2.31. The van der Waals surface area contributed by atoms with Crippen molar-refractivity contribution < 1.29 is 9.47 Å². The lowest BCUT2D eigenvalue weighted by Crippen LogP contribution is -2.08. The van der Waals surface area contributed by atoms with Crippen LogP contribution in [0.1, 0.15) is 5.82 Å². The molecule has 0 radical (unpaired) electrons. The number of ether oxygens (including phenoxy) is 2. The van der Waals surface area contributed by atoms with Crippen molar-refractivity contribution in [1.82, 2.24) is 14.8 Å². The first-order valence-electron chi connectivity index (χ1n) is 6.02. The average Bonchev–Trinajstić information content (AvgIpc) is 2.80. The van der Waals surface area contributed by atoms with Crippen molar-refractivity contribution in [2.45, 2.75) is 6.42 Å². The van der Waals surface area contributed by atoms with Gasteiger partial charge in [-0.3, -0.25) is 0 Å². The minimum Gasteiger partial charge on any atom is -0.493 e. The van der Waals surface area contributed by atoms with Gasteiger partial charge in [-0.05, 0) is 24.7 Å². The molecule has 1 aromatic heterocycles. The van der Waals surface area contributed by atoms with E-state index in [1.54, 1.807) is 14.2 Å². The summed E-state index contributed by atoms with van der Waals surface area (Å²) in [5.74, 6) is 3.01. The second-order valence-corrected chi connectivity index (χ2v) is 4.11. The Morgan fingerprint density at radius 2 is 1.89 bits per heavy atom. The maximum absolute atomic E-state index is 5.54. The molecule has 0 saturated carbocycles. The minimum atomic E-state index is 0.553. The molecule has 0 spiro atoms. The molecule has 0 bridgehead atoms. The van der Waals surface area contributed by atoms with Gasteiger partial charge in [0, 0.05) is 19.0 Å². The molecule has 1 aromatic carbocycles. The summed E-state index contributed by atoms with van der Waals surface area (Å²) in [4.78, 5) is 0. The number of methoxy groups -OCH3 is 2. The maximum atomic E-state index is 5.54. The molecule has 19 heavy (non-hydrogen) atoms. The van der Waals surface area contributed by atoms with E-state index in [4.69, 9.17) is 15.2 Å². The summed E-state index contributed by atoms with van der Waals surface area (Å²) in [5.41, 5.74) is 6.47. The first kappa shape index (κ1) is 13.4. The monoisotopic (exact) mass is 262 g/mol. The molecule has 0 fully saturated rings. The molecule has 6 nitrogen and oxygen atoms in total. The number of nitrogens with zero attached hydrogens (tertiary/aromatic N) is 3. The van der Waals surface area contributed by atoms with E-state index in [-0.39, 0.29) is 0 Å². The number of aromatic nitrogens is 3. The van der Waals surface area contributed by atoms with Gasteiger partial charge < -0.3 is 19.8 Å². The van der Waals surface area contributed by atoms with Crippen molar-refractivity contribution in [2.24, 2.45) is 12.8 Å². The summed E-state index contributed by atoms with van der Waals surface area (Å²) >= 11 is 0. The molecule has 102 valence electrons. The molecule has 0 unspecified atom stereocenters. The van der Waals surface area contributed by atoms with E-state index in [0.29, 0.717) is 24.5 Å². The Morgan fingerprint density at radius 3 is 2.53 bits per heavy atom. The smallest absolute Gasteiger partial charge is 0.163 e. The van der Waals surface area contributed by atoms with Crippen LogP contribution in [0.15, 0.2) is 18.2 Å². The Balaban J connectivity index is 2.41. The van der Waals surface area contributed by atoms with Crippen LogP contribution in [0.25, 0.3) is 11.4 Å². The molecule has 0 aliphatic heterocycles. The van der Waals surface area contributed by atoms with E-state index in [1.165, 1.54) is 0 Å². The van der Waals surface area contributed by atoms with Crippen LogP contribution in [0.4, 0.5) is 0 Å². The predicted molar refractivity (Wildman–Crippen MR) is 72.3 cm³/mol. The molecular weight excluding hydrogens is 244 g/mol. The highest BCUT2D eigenvalue weighted by atomic mass is 16.5. The first-order valence-corrected chi connectivity index (χ1v) is 6.02. The number of rotatable bonds is 5. The van der Waals surface area contributed by atoms with Crippen LogP contribution in [-0.2, 0) is 13.5 Å². The molecule has 0 aliphatic rings. The topological polar surface area (TPSA) is 75.2 Å². The van der Waals surface area contributed by atoms with Gasteiger partial charge in [-0.25, -0.2) is 0 Å². The maximum Gasteiger partial charge on any atom is 0.163 e. The second kappa shape index (κ2) is 5.71. The van der Waals surface area contributed by atoms with Gasteiger partial charge in [-0.1, -0.05) is 0 Å². The van der Waals surface area contributed by atoms with E-state index in [2.05, 4.69) is 10.2 Å². The number of hydrogen-bond donors (Lipinski definition) is 1. The predicted octanol–water partition coefficient (Wildman–Crippen LogP) is 1.00. The van der Waals surface area contributed by atoms with Crippen molar-refractivity contribution in [2.75, 3.05) is 20.8 Å². The fourth-order valence-electron chi connectivity index (χ4n) is 1.93. The van der Waals surface area contributed by atoms with Gasteiger partial charge in [-0.15, -0.1) is 10.2 Å². The Hall–Kier alpha value is -2.08. The third-order valence-electron chi connectivity index (χ3n) is 2.97. The summed E-state index contributed by atoms with van der Waals surface area (Å²) < 4.78 is 12.4. The Kier molecular flexibility index (Phi) is 4.01. The average molecular weight is 262 g/mol. The minimum absolute atomic E-state index is 0.553. The molecular formula is C13H18N4O2. The van der Waals surface area contributed by atoms with Crippen molar-refractivity contribution in [3.05, 3.63) is 24.0 Å². The van der Waals surface area contributed by atoms with E-state index < -0.39 is 0 Å². The van der Waals surface area contributed by atoms with E-state index in [9.17, 15) is 0 Å². The quantitative estimate of drug-likeness (QED) is 0.870. The lowest BCUT2D eigenvalue weighted by Gasteiger charge is -2.09. The summed E-state index contributed by atoms with van der Waals surface area (Å²) in [6, 6.07) is 5.66. The van der Waals surface area contributed by atoms with Gasteiger partial charge in [-0.2, -0.15) is 0 Å². The molecule has 1 heterocycles. The molecule has 6 heteroatoms. The molecule has 0 amide bonds. The lowest BCUT2D eigenvalue weighted by atomic mass is 10.2.